The highest BCUT2D eigenvalue weighted by atomic mass is 19.4. The van der Waals surface area contributed by atoms with Crippen molar-refractivity contribution in [1.29, 1.82) is 0 Å². The smallest absolute Gasteiger partial charge is 0.367 e. The fourth-order valence-electron chi connectivity index (χ4n) is 4.60. The third kappa shape index (κ3) is 5.31. The second kappa shape index (κ2) is 10.4. The van der Waals surface area contributed by atoms with Crippen molar-refractivity contribution in [2.45, 2.75) is 20.0 Å². The number of hydrogen-bond acceptors (Lipinski definition) is 8. The first kappa shape index (κ1) is 27.4. The number of hydrogen-bond donors (Lipinski definition) is 3. The van der Waals surface area contributed by atoms with Crippen LogP contribution in [0.2, 0.25) is 0 Å². The SMILES string of the molecule is Cc1ncc(C(=O)Nc2cc(N3CCN(C)CC3)c(F)c(C(F)(F)F)c2)cc1N1C=C(c2cnn(C)c2C)NN1. The third-order valence-electron chi connectivity index (χ3n) is 7.14. The average Bonchev–Trinajstić information content (AvgIpc) is 3.51. The van der Waals surface area contributed by atoms with E-state index >= 15 is 4.39 Å². The minimum absolute atomic E-state index is 0.112. The normalized spacial score (nSPS) is 16.2. The molecule has 0 aliphatic carbocycles. The van der Waals surface area contributed by atoms with Crippen LogP contribution in [0.1, 0.15) is 32.9 Å². The number of likely N-dealkylation sites (N-methyl/N-ethyl adjacent to an activating group) is 1. The van der Waals surface area contributed by atoms with Crippen molar-refractivity contribution < 1.29 is 22.4 Å². The van der Waals surface area contributed by atoms with Crippen LogP contribution in [-0.2, 0) is 13.2 Å². The van der Waals surface area contributed by atoms with Crippen molar-refractivity contribution in [3.05, 3.63) is 70.7 Å². The first-order chi connectivity index (χ1) is 18.9. The van der Waals surface area contributed by atoms with Crippen molar-refractivity contribution in [3.8, 4) is 0 Å². The van der Waals surface area contributed by atoms with Crippen molar-refractivity contribution in [2.75, 3.05) is 48.5 Å². The minimum Gasteiger partial charge on any atom is -0.367 e. The summed E-state index contributed by atoms with van der Waals surface area (Å²) in [6, 6.07) is 3.43. The highest BCUT2D eigenvalue weighted by Gasteiger charge is 2.37. The molecule has 0 radical (unpaired) electrons. The molecule has 0 atom stereocenters. The summed E-state index contributed by atoms with van der Waals surface area (Å²) in [5.41, 5.74) is 8.10. The number of anilines is 3. The Balaban J connectivity index is 1.42. The lowest BCUT2D eigenvalue weighted by Gasteiger charge is -2.34. The molecule has 0 saturated carbocycles. The molecule has 2 aliphatic heterocycles. The van der Waals surface area contributed by atoms with Gasteiger partial charge in [0.15, 0.2) is 5.82 Å². The molecule has 2 aromatic heterocycles. The number of amides is 1. The van der Waals surface area contributed by atoms with Crippen LogP contribution in [0.4, 0.5) is 34.6 Å². The number of alkyl halides is 3. The molecule has 4 heterocycles. The summed E-state index contributed by atoms with van der Waals surface area (Å²) in [4.78, 5) is 21.0. The molecule has 5 rings (SSSR count). The second-order valence-electron chi connectivity index (χ2n) is 9.84. The fourth-order valence-corrected chi connectivity index (χ4v) is 4.60. The maximum atomic E-state index is 15.0. The molecule has 1 amide bonds. The van der Waals surface area contributed by atoms with Gasteiger partial charge in [0.25, 0.3) is 5.91 Å². The number of piperazine rings is 1. The second-order valence-corrected chi connectivity index (χ2v) is 9.84. The van der Waals surface area contributed by atoms with Gasteiger partial charge in [-0.3, -0.25) is 19.5 Å². The van der Waals surface area contributed by atoms with Crippen LogP contribution in [0.3, 0.4) is 0 Å². The molecule has 1 aromatic carbocycles. The van der Waals surface area contributed by atoms with E-state index in [2.05, 4.69) is 26.4 Å². The van der Waals surface area contributed by atoms with Crippen LogP contribution in [0.5, 0.6) is 0 Å². The summed E-state index contributed by atoms with van der Waals surface area (Å²) >= 11 is 0. The Labute approximate surface area is 228 Å². The van der Waals surface area contributed by atoms with E-state index in [1.807, 2.05) is 25.9 Å². The van der Waals surface area contributed by atoms with E-state index in [0.717, 1.165) is 17.0 Å². The first-order valence-electron chi connectivity index (χ1n) is 12.6. The van der Waals surface area contributed by atoms with Crippen LogP contribution in [0, 0.1) is 19.7 Å². The van der Waals surface area contributed by atoms with E-state index < -0.39 is 23.5 Å². The van der Waals surface area contributed by atoms with Gasteiger partial charge in [-0.1, -0.05) is 0 Å². The minimum atomic E-state index is -4.93. The number of pyridine rings is 1. The average molecular weight is 560 g/mol. The van der Waals surface area contributed by atoms with Gasteiger partial charge in [0.2, 0.25) is 0 Å². The number of hydrazine groups is 2. The van der Waals surface area contributed by atoms with E-state index in [1.165, 1.54) is 12.3 Å². The Hall–Kier alpha value is -4.17. The maximum absolute atomic E-state index is 15.0. The van der Waals surface area contributed by atoms with E-state index in [1.54, 1.807) is 40.0 Å². The molecule has 14 heteroatoms. The number of aromatic nitrogens is 3. The molecule has 3 aromatic rings. The highest BCUT2D eigenvalue weighted by molar-refractivity contribution is 6.05. The van der Waals surface area contributed by atoms with Gasteiger partial charge in [0, 0.05) is 62.6 Å². The monoisotopic (exact) mass is 559 g/mol. The molecule has 1 saturated heterocycles. The molecule has 0 spiro atoms. The van der Waals surface area contributed by atoms with E-state index in [0.29, 0.717) is 43.6 Å². The summed E-state index contributed by atoms with van der Waals surface area (Å²) in [7, 11) is 3.72. The maximum Gasteiger partial charge on any atom is 0.419 e. The van der Waals surface area contributed by atoms with Gasteiger partial charge < -0.3 is 20.5 Å². The molecule has 10 nitrogen and oxygen atoms in total. The fraction of sp³-hybridized carbons (Fsp3) is 0.346. The summed E-state index contributed by atoms with van der Waals surface area (Å²) in [5, 5.41) is 8.39. The Morgan fingerprint density at radius 3 is 2.40 bits per heavy atom. The van der Waals surface area contributed by atoms with Gasteiger partial charge in [-0.25, -0.2) is 4.39 Å². The lowest BCUT2D eigenvalue weighted by atomic mass is 10.1. The van der Waals surface area contributed by atoms with Gasteiger partial charge >= 0.3 is 6.18 Å². The summed E-state index contributed by atoms with van der Waals surface area (Å²) in [5.74, 6) is -2.04. The topological polar surface area (TPSA) is 93.6 Å². The lowest BCUT2D eigenvalue weighted by molar-refractivity contribution is -0.139. The number of carbonyl (C=O) groups excluding carboxylic acids is 1. The summed E-state index contributed by atoms with van der Waals surface area (Å²) < 4.78 is 57.9. The predicted octanol–water partition coefficient (Wildman–Crippen LogP) is 3.42. The zero-order chi connectivity index (χ0) is 28.8. The number of aryl methyl sites for hydroxylation is 2. The Morgan fingerprint density at radius 2 is 1.75 bits per heavy atom. The van der Waals surface area contributed by atoms with Gasteiger partial charge in [0.1, 0.15) is 0 Å². The van der Waals surface area contributed by atoms with Crippen LogP contribution < -0.4 is 26.2 Å². The van der Waals surface area contributed by atoms with E-state index in [9.17, 15) is 18.0 Å². The molecule has 2 aliphatic rings. The number of nitrogens with one attached hydrogen (secondary N) is 3. The van der Waals surface area contributed by atoms with Crippen LogP contribution in [0.25, 0.3) is 5.70 Å². The zero-order valence-electron chi connectivity index (χ0n) is 22.4. The van der Waals surface area contributed by atoms with Crippen LogP contribution in [-0.4, -0.2) is 58.8 Å². The van der Waals surface area contributed by atoms with Crippen molar-refractivity contribution >= 4 is 28.7 Å². The van der Waals surface area contributed by atoms with Gasteiger partial charge in [-0.05, 0) is 39.1 Å². The van der Waals surface area contributed by atoms with E-state index in [4.69, 9.17) is 0 Å². The molecule has 40 heavy (non-hydrogen) atoms. The zero-order valence-corrected chi connectivity index (χ0v) is 22.4. The molecular formula is C26H29F4N9O. The van der Waals surface area contributed by atoms with Crippen molar-refractivity contribution in [2.24, 2.45) is 7.05 Å². The van der Waals surface area contributed by atoms with Crippen molar-refractivity contribution in [1.82, 2.24) is 30.6 Å². The van der Waals surface area contributed by atoms with Crippen LogP contribution >= 0.6 is 0 Å². The first-order valence-corrected chi connectivity index (χ1v) is 12.6. The Bertz CT molecular complexity index is 1480. The van der Waals surface area contributed by atoms with Crippen molar-refractivity contribution in [3.63, 3.8) is 0 Å². The Kier molecular flexibility index (Phi) is 7.14. The quantitative estimate of drug-likeness (QED) is 0.410. The number of halogens is 4. The standard InChI is InChI=1S/C26H29F4N9O/c1-15-22(39-14-21(34-35-39)19-13-32-37(4)16(19)2)9-17(12-31-15)25(40)33-18-10-20(26(28,29)30)24(27)23(11-18)38-7-5-36(3)6-8-38/h9-14,34-35H,5-8H2,1-4H3,(H,33,40). The Morgan fingerprint density at radius 1 is 1.02 bits per heavy atom. The molecule has 212 valence electrons. The number of carbonyl (C=O) groups is 1. The molecule has 1 fully saturated rings. The van der Waals surface area contributed by atoms with Gasteiger partial charge in [-0.15, -0.1) is 5.53 Å². The van der Waals surface area contributed by atoms with Gasteiger partial charge in [-0.2, -0.15) is 18.3 Å². The molecular weight excluding hydrogens is 530 g/mol. The largest absolute Gasteiger partial charge is 0.419 e. The number of benzene rings is 1. The summed E-state index contributed by atoms with van der Waals surface area (Å²) in [6.07, 6.45) is -0.0881. The van der Waals surface area contributed by atoms with E-state index in [-0.39, 0.29) is 16.9 Å². The molecule has 0 bridgehead atoms. The molecule has 3 N–H and O–H groups in total. The highest BCUT2D eigenvalue weighted by Crippen LogP contribution is 2.38. The summed E-state index contributed by atoms with van der Waals surface area (Å²) in [6.45, 7) is 5.56. The predicted molar refractivity (Wildman–Crippen MR) is 143 cm³/mol. The van der Waals surface area contributed by atoms with Gasteiger partial charge in [0.05, 0.1) is 40.1 Å². The molecule has 0 unspecified atom stereocenters. The van der Waals surface area contributed by atoms with Crippen LogP contribution in [0.15, 0.2) is 36.8 Å². The number of nitrogens with zero attached hydrogens (tertiary/aromatic N) is 6. The third-order valence-corrected chi connectivity index (χ3v) is 7.14. The number of rotatable bonds is 5. The lowest BCUT2D eigenvalue weighted by Crippen LogP contribution is -2.45.